The Hall–Kier alpha value is -3.38. The third-order valence-electron chi connectivity index (χ3n) is 4.44. The van der Waals surface area contributed by atoms with Crippen molar-refractivity contribution in [3.05, 3.63) is 88.7 Å². The van der Waals surface area contributed by atoms with Gasteiger partial charge in [-0.1, -0.05) is 60.4 Å². The number of hydrogen-bond acceptors (Lipinski definition) is 3. The van der Waals surface area contributed by atoms with Gasteiger partial charge in [-0.3, -0.25) is 9.59 Å². The molecular weight excluding hydrogens is 324 g/mol. The average Bonchev–Trinajstić information content (AvgIpc) is 2.71. The van der Waals surface area contributed by atoms with Crippen LogP contribution in [0.2, 0.25) is 0 Å². The number of benzene rings is 2. The van der Waals surface area contributed by atoms with Crippen molar-refractivity contribution >= 4 is 17.1 Å². The molecule has 1 heterocycles. The fraction of sp³-hybridized carbons (Fsp3) is 0.130. The summed E-state index contributed by atoms with van der Waals surface area (Å²) in [5.41, 5.74) is 2.57. The van der Waals surface area contributed by atoms with E-state index in [1.165, 1.54) is 0 Å². The van der Waals surface area contributed by atoms with Crippen molar-refractivity contribution in [1.82, 2.24) is 0 Å². The van der Waals surface area contributed by atoms with Crippen molar-refractivity contribution in [2.45, 2.75) is 12.8 Å². The summed E-state index contributed by atoms with van der Waals surface area (Å²) in [7, 11) is 0. The molecule has 0 radical (unpaired) electrons. The maximum absolute atomic E-state index is 13.1. The minimum absolute atomic E-state index is 0.150. The topological polar surface area (TPSA) is 43.4 Å². The Labute approximate surface area is 152 Å². The van der Waals surface area contributed by atoms with Crippen LogP contribution in [-0.2, 0) is 14.3 Å². The first-order valence-electron chi connectivity index (χ1n) is 8.58. The summed E-state index contributed by atoms with van der Waals surface area (Å²) >= 11 is 0. The smallest absolute Gasteiger partial charge is 0.237 e. The van der Waals surface area contributed by atoms with Crippen LogP contribution >= 0.6 is 0 Å². The molecule has 3 heteroatoms. The van der Waals surface area contributed by atoms with Crippen molar-refractivity contribution in [3.8, 4) is 11.8 Å². The first kappa shape index (κ1) is 16.1. The van der Waals surface area contributed by atoms with Crippen LogP contribution in [0.5, 0.6) is 0 Å². The molecule has 0 fully saturated rings. The summed E-state index contributed by atoms with van der Waals surface area (Å²) in [5, 5.41) is 0. The molecule has 0 bridgehead atoms. The highest BCUT2D eigenvalue weighted by Gasteiger charge is 2.37. The molecule has 0 amide bonds. The molecule has 2 aromatic rings. The number of allylic oxidation sites excluding steroid dienone is 3. The fourth-order valence-electron chi connectivity index (χ4n) is 3.19. The molecule has 0 saturated carbocycles. The predicted octanol–water partition coefficient (Wildman–Crippen LogP) is 3.71. The summed E-state index contributed by atoms with van der Waals surface area (Å²) in [6, 6.07) is 18.7. The second kappa shape index (κ2) is 6.85. The Balaban J connectivity index is 1.88. The Kier molecular flexibility index (Phi) is 4.25. The number of Topliss-reactive ketones (excluding diaryl/α,β-unsaturated/α-hetero) is 2. The van der Waals surface area contributed by atoms with Crippen molar-refractivity contribution < 1.29 is 14.3 Å². The summed E-state index contributed by atoms with van der Waals surface area (Å²) < 4.78 is 5.54. The number of carbonyl (C=O) groups excluding carboxylic acids is 2. The lowest BCUT2D eigenvalue weighted by molar-refractivity contribution is -0.118. The van der Waals surface area contributed by atoms with Crippen molar-refractivity contribution in [2.75, 3.05) is 6.61 Å². The molecule has 1 aliphatic carbocycles. The maximum Gasteiger partial charge on any atom is 0.237 e. The van der Waals surface area contributed by atoms with Crippen molar-refractivity contribution in [1.29, 1.82) is 0 Å². The Bertz CT molecular complexity index is 1000. The quantitative estimate of drug-likeness (QED) is 0.587. The van der Waals surface area contributed by atoms with Gasteiger partial charge in [-0.05, 0) is 30.5 Å². The summed E-state index contributed by atoms with van der Waals surface area (Å²) in [5.74, 6) is 5.68. The lowest BCUT2D eigenvalue weighted by Gasteiger charge is -2.25. The van der Waals surface area contributed by atoms with E-state index in [9.17, 15) is 9.59 Å². The Morgan fingerprint density at radius 1 is 0.808 bits per heavy atom. The highest BCUT2D eigenvalue weighted by Crippen LogP contribution is 2.35. The van der Waals surface area contributed by atoms with Gasteiger partial charge in [0, 0.05) is 16.7 Å². The molecule has 126 valence electrons. The normalized spacial score (nSPS) is 16.6. The van der Waals surface area contributed by atoms with Crippen LogP contribution in [0.3, 0.4) is 0 Å². The van der Waals surface area contributed by atoms with Crippen molar-refractivity contribution in [2.24, 2.45) is 0 Å². The lowest BCUT2D eigenvalue weighted by Crippen LogP contribution is -2.27. The molecule has 0 aromatic heterocycles. The monoisotopic (exact) mass is 340 g/mol. The molecule has 0 N–H and O–H groups in total. The van der Waals surface area contributed by atoms with Gasteiger partial charge < -0.3 is 4.74 Å². The predicted molar refractivity (Wildman–Crippen MR) is 98.9 cm³/mol. The second-order valence-corrected chi connectivity index (χ2v) is 6.15. The summed E-state index contributed by atoms with van der Waals surface area (Å²) in [6.07, 6.45) is 1.31. The molecule has 2 aliphatic rings. The zero-order chi connectivity index (χ0) is 17.9. The fourth-order valence-corrected chi connectivity index (χ4v) is 3.19. The SMILES string of the molecule is O=C1C(C#Cc2ccccc2)=C(c2ccccc2)C(=O)C2=C1OCCC2. The highest BCUT2D eigenvalue weighted by molar-refractivity contribution is 6.40. The minimum atomic E-state index is -0.290. The minimum Gasteiger partial charge on any atom is -0.489 e. The van der Waals surface area contributed by atoms with Gasteiger partial charge in [0.2, 0.25) is 5.78 Å². The molecular formula is C23H16O3. The molecule has 2 aromatic carbocycles. The van der Waals surface area contributed by atoms with Gasteiger partial charge in [-0.2, -0.15) is 0 Å². The molecule has 0 saturated heterocycles. The van der Waals surface area contributed by atoms with Gasteiger partial charge in [0.15, 0.2) is 11.5 Å². The summed E-state index contributed by atoms with van der Waals surface area (Å²) in [6.45, 7) is 0.456. The van der Waals surface area contributed by atoms with Gasteiger partial charge in [0.05, 0.1) is 12.2 Å². The zero-order valence-corrected chi connectivity index (χ0v) is 14.1. The van der Waals surface area contributed by atoms with Crippen LogP contribution in [0, 0.1) is 11.8 Å². The van der Waals surface area contributed by atoms with Gasteiger partial charge in [-0.15, -0.1) is 0 Å². The number of hydrogen-bond donors (Lipinski definition) is 0. The van der Waals surface area contributed by atoms with Gasteiger partial charge in [-0.25, -0.2) is 0 Å². The second-order valence-electron chi connectivity index (χ2n) is 6.15. The molecule has 0 atom stereocenters. The van der Waals surface area contributed by atoms with Gasteiger partial charge in [0.1, 0.15) is 0 Å². The van der Waals surface area contributed by atoms with E-state index in [0.717, 1.165) is 12.0 Å². The summed E-state index contributed by atoms with van der Waals surface area (Å²) in [4.78, 5) is 26.1. The largest absolute Gasteiger partial charge is 0.489 e. The molecule has 26 heavy (non-hydrogen) atoms. The number of ether oxygens (including phenoxy) is 1. The molecule has 3 nitrogen and oxygen atoms in total. The maximum atomic E-state index is 13.1. The first-order valence-corrected chi connectivity index (χ1v) is 8.58. The van der Waals surface area contributed by atoms with Crippen LogP contribution in [0.15, 0.2) is 77.6 Å². The highest BCUT2D eigenvalue weighted by atomic mass is 16.5. The van der Waals surface area contributed by atoms with Crippen LogP contribution in [0.1, 0.15) is 24.0 Å². The van der Waals surface area contributed by atoms with Gasteiger partial charge >= 0.3 is 0 Å². The van der Waals surface area contributed by atoms with E-state index in [2.05, 4.69) is 11.8 Å². The van der Waals surface area contributed by atoms with E-state index in [1.807, 2.05) is 60.7 Å². The molecule has 0 spiro atoms. The van der Waals surface area contributed by atoms with E-state index in [-0.39, 0.29) is 22.9 Å². The average molecular weight is 340 g/mol. The molecule has 1 aliphatic heterocycles. The van der Waals surface area contributed by atoms with Crippen LogP contribution in [-0.4, -0.2) is 18.2 Å². The number of rotatable bonds is 1. The standard InChI is InChI=1S/C23H16O3/c24-21-19-12-7-15-26-23(19)22(25)18(14-13-16-8-3-1-4-9-16)20(21)17-10-5-2-6-11-17/h1-6,8-11H,7,12,15H2. The van der Waals surface area contributed by atoms with Gasteiger partial charge in [0.25, 0.3) is 0 Å². The number of ketones is 2. The first-order chi connectivity index (χ1) is 12.8. The van der Waals surface area contributed by atoms with Crippen LogP contribution in [0.25, 0.3) is 5.57 Å². The van der Waals surface area contributed by atoms with E-state index < -0.39 is 0 Å². The third kappa shape index (κ3) is 2.87. The van der Waals surface area contributed by atoms with Crippen LogP contribution in [0.4, 0.5) is 0 Å². The third-order valence-corrected chi connectivity index (χ3v) is 4.44. The Morgan fingerprint density at radius 2 is 1.50 bits per heavy atom. The zero-order valence-electron chi connectivity index (χ0n) is 14.1. The van der Waals surface area contributed by atoms with Crippen molar-refractivity contribution in [3.63, 3.8) is 0 Å². The van der Waals surface area contributed by atoms with E-state index in [4.69, 9.17) is 4.74 Å². The van der Waals surface area contributed by atoms with E-state index in [0.29, 0.717) is 29.7 Å². The molecule has 0 unspecified atom stereocenters. The van der Waals surface area contributed by atoms with E-state index >= 15 is 0 Å². The number of carbonyl (C=O) groups is 2. The van der Waals surface area contributed by atoms with E-state index in [1.54, 1.807) is 0 Å². The lowest BCUT2D eigenvalue weighted by atomic mass is 9.82. The van der Waals surface area contributed by atoms with Crippen LogP contribution < -0.4 is 0 Å². The Morgan fingerprint density at radius 3 is 2.23 bits per heavy atom. The molecule has 4 rings (SSSR count).